The number of amides is 1. The third-order valence-electron chi connectivity index (χ3n) is 2.68. The molecule has 18 heavy (non-hydrogen) atoms. The summed E-state index contributed by atoms with van der Waals surface area (Å²) in [7, 11) is 0. The maximum atomic E-state index is 12.0. The molecule has 0 aliphatic carbocycles. The molecule has 0 spiro atoms. The van der Waals surface area contributed by atoms with Gasteiger partial charge in [-0.2, -0.15) is 0 Å². The van der Waals surface area contributed by atoms with E-state index in [4.69, 9.17) is 0 Å². The standard InChI is InChI=1S/C14H14BrNOS/c1-9-7-8-13(18-9)14(17)16-10(2)11-5-3-4-6-12(11)15/h3-8,10H,1-2H3,(H,16,17). The number of aryl methyl sites for hydroxylation is 1. The second-order valence-electron chi connectivity index (χ2n) is 4.13. The Bertz CT molecular complexity index is 564. The van der Waals surface area contributed by atoms with E-state index in [1.165, 1.54) is 11.3 Å². The summed E-state index contributed by atoms with van der Waals surface area (Å²) < 4.78 is 1.01. The lowest BCUT2D eigenvalue weighted by Crippen LogP contribution is -2.26. The number of hydrogen-bond donors (Lipinski definition) is 1. The van der Waals surface area contributed by atoms with Crippen molar-refractivity contribution in [2.75, 3.05) is 0 Å². The van der Waals surface area contributed by atoms with Gasteiger partial charge in [0.2, 0.25) is 0 Å². The number of rotatable bonds is 3. The van der Waals surface area contributed by atoms with Gasteiger partial charge in [-0.25, -0.2) is 0 Å². The van der Waals surface area contributed by atoms with Gasteiger partial charge in [0.15, 0.2) is 0 Å². The molecule has 1 heterocycles. The molecule has 1 amide bonds. The van der Waals surface area contributed by atoms with Gasteiger partial charge < -0.3 is 5.32 Å². The predicted octanol–water partition coefficient (Wildman–Crippen LogP) is 4.31. The van der Waals surface area contributed by atoms with Gasteiger partial charge in [-0.3, -0.25) is 4.79 Å². The van der Waals surface area contributed by atoms with Crippen molar-refractivity contribution < 1.29 is 4.79 Å². The van der Waals surface area contributed by atoms with Crippen LogP contribution in [-0.2, 0) is 0 Å². The van der Waals surface area contributed by atoms with Crippen LogP contribution in [0.3, 0.4) is 0 Å². The smallest absolute Gasteiger partial charge is 0.261 e. The van der Waals surface area contributed by atoms with Crippen LogP contribution in [0.1, 0.15) is 33.1 Å². The SMILES string of the molecule is Cc1ccc(C(=O)NC(C)c2ccccc2Br)s1. The molecule has 94 valence electrons. The zero-order valence-electron chi connectivity index (χ0n) is 10.2. The fourth-order valence-electron chi connectivity index (χ4n) is 1.73. The van der Waals surface area contributed by atoms with Crippen LogP contribution >= 0.6 is 27.3 Å². The van der Waals surface area contributed by atoms with Crippen LogP contribution in [0, 0.1) is 6.92 Å². The second-order valence-corrected chi connectivity index (χ2v) is 6.27. The molecule has 1 atom stereocenters. The molecular formula is C14H14BrNOS. The van der Waals surface area contributed by atoms with Crippen molar-refractivity contribution in [2.45, 2.75) is 19.9 Å². The zero-order chi connectivity index (χ0) is 13.1. The molecular weight excluding hydrogens is 310 g/mol. The van der Waals surface area contributed by atoms with Crippen molar-refractivity contribution in [1.29, 1.82) is 0 Å². The third-order valence-corrected chi connectivity index (χ3v) is 4.41. The van der Waals surface area contributed by atoms with Gasteiger partial charge in [-0.05, 0) is 37.6 Å². The van der Waals surface area contributed by atoms with Crippen molar-refractivity contribution in [3.8, 4) is 0 Å². The maximum Gasteiger partial charge on any atom is 0.261 e. The molecule has 0 radical (unpaired) electrons. The molecule has 1 aromatic carbocycles. The van der Waals surface area contributed by atoms with E-state index < -0.39 is 0 Å². The van der Waals surface area contributed by atoms with E-state index in [1.807, 2.05) is 50.2 Å². The Balaban J connectivity index is 2.10. The fraction of sp³-hybridized carbons (Fsp3) is 0.214. The van der Waals surface area contributed by atoms with E-state index in [2.05, 4.69) is 21.2 Å². The lowest BCUT2D eigenvalue weighted by Gasteiger charge is -2.15. The van der Waals surface area contributed by atoms with Crippen LogP contribution in [-0.4, -0.2) is 5.91 Å². The Morgan fingerprint density at radius 2 is 2.00 bits per heavy atom. The average molecular weight is 324 g/mol. The highest BCUT2D eigenvalue weighted by Gasteiger charge is 2.14. The highest BCUT2D eigenvalue weighted by molar-refractivity contribution is 9.10. The van der Waals surface area contributed by atoms with Crippen molar-refractivity contribution in [1.82, 2.24) is 5.32 Å². The van der Waals surface area contributed by atoms with Gasteiger partial charge in [0, 0.05) is 9.35 Å². The Hall–Kier alpha value is -1.13. The third kappa shape index (κ3) is 3.00. The first kappa shape index (κ1) is 13.3. The molecule has 4 heteroatoms. The lowest BCUT2D eigenvalue weighted by molar-refractivity contribution is 0.0944. The van der Waals surface area contributed by atoms with Gasteiger partial charge >= 0.3 is 0 Å². The Morgan fingerprint density at radius 3 is 2.61 bits per heavy atom. The number of hydrogen-bond acceptors (Lipinski definition) is 2. The van der Waals surface area contributed by atoms with Gasteiger partial charge in [-0.1, -0.05) is 34.1 Å². The molecule has 0 saturated heterocycles. The molecule has 2 nitrogen and oxygen atoms in total. The number of nitrogens with one attached hydrogen (secondary N) is 1. The van der Waals surface area contributed by atoms with Crippen LogP contribution in [0.25, 0.3) is 0 Å². The van der Waals surface area contributed by atoms with E-state index in [9.17, 15) is 4.79 Å². The zero-order valence-corrected chi connectivity index (χ0v) is 12.6. The molecule has 0 bridgehead atoms. The van der Waals surface area contributed by atoms with Crippen LogP contribution in [0.5, 0.6) is 0 Å². The number of halogens is 1. The number of carbonyl (C=O) groups is 1. The second kappa shape index (κ2) is 5.67. The van der Waals surface area contributed by atoms with Crippen molar-refractivity contribution >= 4 is 33.2 Å². The van der Waals surface area contributed by atoms with E-state index in [1.54, 1.807) is 0 Å². The van der Waals surface area contributed by atoms with Crippen LogP contribution in [0.15, 0.2) is 40.9 Å². The molecule has 2 aromatic rings. The van der Waals surface area contributed by atoms with Crippen LogP contribution in [0.4, 0.5) is 0 Å². The average Bonchev–Trinajstić information content (AvgIpc) is 2.76. The highest BCUT2D eigenvalue weighted by atomic mass is 79.9. The summed E-state index contributed by atoms with van der Waals surface area (Å²) in [4.78, 5) is 13.9. The molecule has 2 rings (SSSR count). The quantitative estimate of drug-likeness (QED) is 0.895. The number of thiophene rings is 1. The van der Waals surface area contributed by atoms with Crippen LogP contribution in [0.2, 0.25) is 0 Å². The summed E-state index contributed by atoms with van der Waals surface area (Å²) in [5.41, 5.74) is 1.08. The summed E-state index contributed by atoms with van der Waals surface area (Å²) in [5, 5.41) is 3.01. The summed E-state index contributed by atoms with van der Waals surface area (Å²) >= 11 is 5.01. The fourth-order valence-corrected chi connectivity index (χ4v) is 3.13. The largest absolute Gasteiger partial charge is 0.345 e. The minimum atomic E-state index is -0.0181. The summed E-state index contributed by atoms with van der Waals surface area (Å²) in [6.07, 6.45) is 0. The highest BCUT2D eigenvalue weighted by Crippen LogP contribution is 2.23. The Labute approximate surface area is 119 Å². The van der Waals surface area contributed by atoms with E-state index >= 15 is 0 Å². The van der Waals surface area contributed by atoms with Crippen molar-refractivity contribution in [3.63, 3.8) is 0 Å². The van der Waals surface area contributed by atoms with Gasteiger partial charge in [0.1, 0.15) is 0 Å². The molecule has 0 aliphatic rings. The summed E-state index contributed by atoms with van der Waals surface area (Å²) in [5.74, 6) is -0.0173. The Kier molecular flexibility index (Phi) is 4.19. The maximum absolute atomic E-state index is 12.0. The number of carbonyl (C=O) groups excluding carboxylic acids is 1. The molecule has 0 saturated carbocycles. The van der Waals surface area contributed by atoms with E-state index in [0.29, 0.717) is 0 Å². The normalized spacial score (nSPS) is 12.2. The van der Waals surface area contributed by atoms with Gasteiger partial charge in [-0.15, -0.1) is 11.3 Å². The predicted molar refractivity (Wildman–Crippen MR) is 79.1 cm³/mol. The van der Waals surface area contributed by atoms with E-state index in [0.717, 1.165) is 19.8 Å². The number of benzene rings is 1. The first-order chi connectivity index (χ1) is 8.58. The Morgan fingerprint density at radius 1 is 1.28 bits per heavy atom. The molecule has 0 aliphatic heterocycles. The topological polar surface area (TPSA) is 29.1 Å². The molecule has 1 aromatic heterocycles. The molecule has 0 fully saturated rings. The minimum Gasteiger partial charge on any atom is -0.345 e. The monoisotopic (exact) mass is 323 g/mol. The first-order valence-corrected chi connectivity index (χ1v) is 7.30. The molecule has 1 unspecified atom stereocenters. The summed E-state index contributed by atoms with van der Waals surface area (Å²) in [6, 6.07) is 11.7. The first-order valence-electron chi connectivity index (χ1n) is 5.69. The van der Waals surface area contributed by atoms with Gasteiger partial charge in [0.05, 0.1) is 10.9 Å². The van der Waals surface area contributed by atoms with Crippen molar-refractivity contribution in [2.24, 2.45) is 0 Å². The van der Waals surface area contributed by atoms with E-state index in [-0.39, 0.29) is 11.9 Å². The molecule has 1 N–H and O–H groups in total. The lowest BCUT2D eigenvalue weighted by atomic mass is 10.1. The van der Waals surface area contributed by atoms with Gasteiger partial charge in [0.25, 0.3) is 5.91 Å². The summed E-state index contributed by atoms with van der Waals surface area (Å²) in [6.45, 7) is 3.98. The van der Waals surface area contributed by atoms with Crippen LogP contribution < -0.4 is 5.32 Å². The minimum absolute atomic E-state index is 0.0173. The van der Waals surface area contributed by atoms with Crippen molar-refractivity contribution in [3.05, 3.63) is 56.2 Å².